The van der Waals surface area contributed by atoms with Gasteiger partial charge in [-0.25, -0.2) is 4.79 Å². The molecule has 0 aliphatic heterocycles. The van der Waals surface area contributed by atoms with Gasteiger partial charge >= 0.3 is 5.97 Å². The van der Waals surface area contributed by atoms with Crippen molar-refractivity contribution in [1.29, 1.82) is 0 Å². The number of benzene rings is 1. The van der Waals surface area contributed by atoms with Crippen LogP contribution in [0.3, 0.4) is 0 Å². The molecule has 1 aromatic carbocycles. The van der Waals surface area contributed by atoms with Crippen LogP contribution in [0, 0.1) is 23.7 Å². The van der Waals surface area contributed by atoms with Crippen molar-refractivity contribution in [3.63, 3.8) is 0 Å². The molecule has 33 heavy (non-hydrogen) atoms. The highest BCUT2D eigenvalue weighted by Crippen LogP contribution is 2.48. The van der Waals surface area contributed by atoms with E-state index >= 15 is 0 Å². The van der Waals surface area contributed by atoms with Crippen LogP contribution in [0.5, 0.6) is 5.75 Å². The maximum Gasteiger partial charge on any atom is 0.344 e. The number of amides is 1. The Morgan fingerprint density at radius 1 is 1.06 bits per heavy atom. The molecular weight excluding hydrogens is 414 g/mol. The lowest BCUT2D eigenvalue weighted by Gasteiger charge is -2.32. The number of carbonyl (C=O) groups is 2. The second-order valence-corrected chi connectivity index (χ2v) is 10.5. The molecule has 2 aliphatic carbocycles. The zero-order valence-corrected chi connectivity index (χ0v) is 20.8. The van der Waals surface area contributed by atoms with Crippen LogP contribution in [0.25, 0.3) is 0 Å². The van der Waals surface area contributed by atoms with Gasteiger partial charge in [-0.05, 0) is 66.5 Å². The first kappa shape index (κ1) is 25.6. The molecule has 2 N–H and O–H groups in total. The van der Waals surface area contributed by atoms with E-state index in [-0.39, 0.29) is 12.5 Å². The summed E-state index contributed by atoms with van der Waals surface area (Å²) in [6.45, 7) is 5.67. The third-order valence-electron chi connectivity index (χ3n) is 7.69. The molecule has 1 saturated carbocycles. The Labute approximate surface area is 199 Å². The van der Waals surface area contributed by atoms with Gasteiger partial charge in [0.2, 0.25) is 0 Å². The standard InChI is InChI=1S/C28H43NO4/c1-4-5-6-7-8-9-11-20-14-15-22-17-24-21(16-23(20)22)12-10-13-25(24)32-18-26(30)33-27(19(2)3)28(29)31/h10,12-13,19-20,22-23,27H,4-9,11,14-18H2,1-3H3,(H2,29,31)/t20-,22+,23+,27?/m0/s1. The average Bonchev–Trinajstić information content (AvgIpc) is 3.18. The monoisotopic (exact) mass is 457 g/mol. The van der Waals surface area contributed by atoms with E-state index in [1.165, 1.54) is 68.9 Å². The molecule has 0 aromatic heterocycles. The highest BCUT2D eigenvalue weighted by atomic mass is 16.6. The fraction of sp³-hybridized carbons (Fsp3) is 0.714. The van der Waals surface area contributed by atoms with E-state index in [0.29, 0.717) is 0 Å². The maximum absolute atomic E-state index is 12.3. The quantitative estimate of drug-likeness (QED) is 0.308. The Morgan fingerprint density at radius 3 is 2.55 bits per heavy atom. The van der Waals surface area contributed by atoms with Crippen LogP contribution in [0.4, 0.5) is 0 Å². The second-order valence-electron chi connectivity index (χ2n) is 10.5. The minimum absolute atomic E-state index is 0.167. The summed E-state index contributed by atoms with van der Waals surface area (Å²) in [4.78, 5) is 23.8. The first-order valence-electron chi connectivity index (χ1n) is 13.1. The van der Waals surface area contributed by atoms with Crippen LogP contribution in [0.15, 0.2) is 18.2 Å². The zero-order chi connectivity index (χ0) is 23.8. The Hall–Kier alpha value is -2.04. The van der Waals surface area contributed by atoms with Gasteiger partial charge in [-0.15, -0.1) is 0 Å². The molecule has 1 fully saturated rings. The zero-order valence-electron chi connectivity index (χ0n) is 20.8. The lowest BCUT2D eigenvalue weighted by Crippen LogP contribution is -2.38. The number of fused-ring (bicyclic) bond motifs is 2. The molecule has 5 heteroatoms. The fourth-order valence-electron chi connectivity index (χ4n) is 5.89. The van der Waals surface area contributed by atoms with E-state index in [9.17, 15) is 9.59 Å². The van der Waals surface area contributed by atoms with Crippen LogP contribution >= 0.6 is 0 Å². The number of nitrogens with two attached hydrogens (primary N) is 1. The van der Waals surface area contributed by atoms with Crippen molar-refractivity contribution in [2.45, 2.75) is 97.5 Å². The van der Waals surface area contributed by atoms with Crippen LogP contribution in [0.1, 0.15) is 89.7 Å². The van der Waals surface area contributed by atoms with E-state index < -0.39 is 18.0 Å². The molecule has 4 atom stereocenters. The minimum atomic E-state index is -0.923. The number of unbranched alkanes of at least 4 members (excludes halogenated alkanes) is 5. The van der Waals surface area contributed by atoms with Crippen LogP contribution in [-0.2, 0) is 27.2 Å². The van der Waals surface area contributed by atoms with Crippen LogP contribution < -0.4 is 10.5 Å². The van der Waals surface area contributed by atoms with Crippen LogP contribution in [-0.4, -0.2) is 24.6 Å². The predicted octanol–water partition coefficient (Wildman–Crippen LogP) is 5.61. The maximum atomic E-state index is 12.3. The van der Waals surface area contributed by atoms with E-state index in [1.807, 2.05) is 12.1 Å². The van der Waals surface area contributed by atoms with Gasteiger partial charge in [0.1, 0.15) is 5.75 Å². The number of esters is 1. The second kappa shape index (κ2) is 12.4. The summed E-state index contributed by atoms with van der Waals surface area (Å²) < 4.78 is 11.1. The highest BCUT2D eigenvalue weighted by molar-refractivity contribution is 5.82. The largest absolute Gasteiger partial charge is 0.482 e. The van der Waals surface area contributed by atoms with Crippen molar-refractivity contribution in [3.8, 4) is 5.75 Å². The van der Waals surface area contributed by atoms with Crippen molar-refractivity contribution >= 4 is 11.9 Å². The number of rotatable bonds is 13. The molecule has 1 amide bonds. The summed E-state index contributed by atoms with van der Waals surface area (Å²) in [6, 6.07) is 6.19. The predicted molar refractivity (Wildman–Crippen MR) is 131 cm³/mol. The van der Waals surface area contributed by atoms with E-state index in [0.717, 1.165) is 36.3 Å². The average molecular weight is 458 g/mol. The van der Waals surface area contributed by atoms with Gasteiger partial charge < -0.3 is 15.2 Å². The van der Waals surface area contributed by atoms with Crippen molar-refractivity contribution < 1.29 is 19.1 Å². The van der Waals surface area contributed by atoms with Crippen molar-refractivity contribution in [3.05, 3.63) is 29.3 Å². The normalized spacial score (nSPS) is 22.5. The summed E-state index contributed by atoms with van der Waals surface area (Å²) >= 11 is 0. The van der Waals surface area contributed by atoms with E-state index in [4.69, 9.17) is 15.2 Å². The number of primary amides is 1. The molecule has 0 heterocycles. The summed E-state index contributed by atoms with van der Waals surface area (Å²) in [7, 11) is 0. The first-order chi connectivity index (χ1) is 15.9. The van der Waals surface area contributed by atoms with E-state index in [2.05, 4.69) is 13.0 Å². The molecular formula is C28H43NO4. The van der Waals surface area contributed by atoms with Gasteiger partial charge in [-0.2, -0.15) is 0 Å². The van der Waals surface area contributed by atoms with Crippen molar-refractivity contribution in [2.24, 2.45) is 29.4 Å². The molecule has 184 valence electrons. The molecule has 0 radical (unpaired) electrons. The van der Waals surface area contributed by atoms with Crippen molar-refractivity contribution in [1.82, 2.24) is 0 Å². The molecule has 3 rings (SSSR count). The molecule has 5 nitrogen and oxygen atoms in total. The Balaban J connectivity index is 1.53. The van der Waals surface area contributed by atoms with Gasteiger partial charge in [0.25, 0.3) is 5.91 Å². The van der Waals surface area contributed by atoms with Crippen molar-refractivity contribution in [2.75, 3.05) is 6.61 Å². The lowest BCUT2D eigenvalue weighted by molar-refractivity contribution is -0.159. The first-order valence-corrected chi connectivity index (χ1v) is 13.1. The van der Waals surface area contributed by atoms with Gasteiger partial charge in [-0.3, -0.25) is 4.79 Å². The van der Waals surface area contributed by atoms with Gasteiger partial charge in [0.05, 0.1) is 0 Å². The molecule has 2 aliphatic rings. The highest BCUT2D eigenvalue weighted by Gasteiger charge is 2.39. The Kier molecular flexibility index (Phi) is 9.64. The molecule has 1 unspecified atom stereocenters. The smallest absolute Gasteiger partial charge is 0.344 e. The summed E-state index contributed by atoms with van der Waals surface area (Å²) in [5.41, 5.74) is 7.97. The number of carbonyl (C=O) groups excluding carboxylic acids is 2. The third kappa shape index (κ3) is 6.97. The lowest BCUT2D eigenvalue weighted by atomic mass is 9.73. The Morgan fingerprint density at radius 2 is 1.82 bits per heavy atom. The molecule has 0 bridgehead atoms. The third-order valence-corrected chi connectivity index (χ3v) is 7.69. The van der Waals surface area contributed by atoms with Gasteiger partial charge in [0.15, 0.2) is 12.7 Å². The molecule has 1 aromatic rings. The molecule has 0 spiro atoms. The molecule has 0 saturated heterocycles. The van der Waals surface area contributed by atoms with Gasteiger partial charge in [-0.1, -0.05) is 77.8 Å². The number of hydrogen-bond donors (Lipinski definition) is 1. The summed E-state index contributed by atoms with van der Waals surface area (Å²) in [6.07, 6.45) is 13.5. The summed E-state index contributed by atoms with van der Waals surface area (Å²) in [5, 5.41) is 0. The van der Waals surface area contributed by atoms with Gasteiger partial charge in [0, 0.05) is 0 Å². The Bertz CT molecular complexity index is 790. The summed E-state index contributed by atoms with van der Waals surface area (Å²) in [5.74, 6) is 1.80. The number of hydrogen-bond acceptors (Lipinski definition) is 4. The number of ether oxygens (including phenoxy) is 2. The van der Waals surface area contributed by atoms with E-state index in [1.54, 1.807) is 13.8 Å². The SMILES string of the molecule is CCCCCCCC[C@H]1CC[C@@H]2Cc3c(cccc3OCC(=O)OC(C(N)=O)C(C)C)C[C@H]12. The fourth-order valence-corrected chi connectivity index (χ4v) is 5.89. The van der Waals surface area contributed by atoms with Crippen LogP contribution in [0.2, 0.25) is 0 Å². The topological polar surface area (TPSA) is 78.6 Å². The minimum Gasteiger partial charge on any atom is -0.482 e.